The second-order valence-corrected chi connectivity index (χ2v) is 21.2. The number of aliphatic hydroxyl groups excluding tert-OH is 2. The average molecular weight is 1290 g/mol. The number of hydrogen-bond donors (Lipinski definition) is 6. The SMILES string of the molecule is C.CC[C@@H](O)CN.CC[C@@H](O)CNCc1cncc(F)c1Cl.CC[C@@H]1CN(C(=O)OC(C)(C)C)Cc2cncc(F)c2O1.CC[C@@H]1CNCc2cncc(F)c2O1.CC[C@@H]1CNCc2cncc(F)c2O1.CC[C@@H]1CO1.Cl.O=Cc1cncc(F)c1Cl. The standard InChI is InChI=1S/C15H21FN2O3.C10H14ClFN2O.2C10H13FN2O.C6H3ClFNO.C4H11NO.C4H8O.CH4.ClH/c1-5-11-9-18(14(19)21-15(2,3)4)8-10-6-17-7-12(16)13(10)20-11;1-2-8(15)5-13-3-7-4-14-6-9(12)10(7)11;2*1-2-8-5-12-3-7-4-13-6-9(11)10(7)14-8;7-6-4(3-10)1-9-2-5(6)8;1-2-4(6)3-5;1-2-4-3-5-4;;/h6-7,11H,5,8-9H2,1-4H3;4,6,8,13,15H,2-3,5H2,1H3;2*4,6,8,12H,2-3,5H2,1H3;1-3H;4,6H,2-3,5H2,1H3;4H,2-3H2,1H3;1H4;1H/t11-;3*8-;;2*4-;;/m1111.11../s1. The molecule has 1 fully saturated rings. The van der Waals surface area contributed by atoms with E-state index < -0.39 is 29.1 Å². The van der Waals surface area contributed by atoms with E-state index in [9.17, 15) is 36.6 Å². The maximum absolute atomic E-state index is 13.8. The number of carbonyl (C=O) groups excluding carboxylic acids is 2. The van der Waals surface area contributed by atoms with Gasteiger partial charge in [-0.25, -0.2) is 26.7 Å². The number of rotatable bonds is 12. The molecule has 0 spiro atoms. The molecule has 0 unspecified atom stereocenters. The molecule has 0 aliphatic carbocycles. The maximum atomic E-state index is 13.8. The van der Waals surface area contributed by atoms with Crippen molar-refractivity contribution in [2.24, 2.45) is 5.73 Å². The fourth-order valence-corrected chi connectivity index (χ4v) is 7.55. The van der Waals surface area contributed by atoms with Crippen molar-refractivity contribution in [3.05, 3.63) is 129 Å². The average Bonchev–Trinajstić information content (AvgIpc) is 3.45. The molecule has 9 rings (SSSR count). The number of nitrogens with zero attached hydrogens (tertiary/aromatic N) is 6. The quantitative estimate of drug-likeness (QED) is 0.0386. The van der Waals surface area contributed by atoms with Crippen molar-refractivity contribution in [1.82, 2.24) is 45.8 Å². The Morgan fingerprint density at radius 3 is 1.52 bits per heavy atom. The minimum absolute atomic E-state index is 0. The number of halogens is 8. The van der Waals surface area contributed by atoms with Crippen molar-refractivity contribution in [2.45, 2.75) is 177 Å². The number of nitrogens with one attached hydrogen (secondary N) is 3. The lowest BCUT2D eigenvalue weighted by Gasteiger charge is -2.27. The van der Waals surface area contributed by atoms with Gasteiger partial charge in [0, 0.05) is 99.1 Å². The molecule has 0 radical (unpaired) electrons. The van der Waals surface area contributed by atoms with Crippen molar-refractivity contribution < 1.29 is 65.4 Å². The molecular formula is C60H88Cl3F5N10O9. The molecule has 9 heterocycles. The van der Waals surface area contributed by atoms with Crippen molar-refractivity contribution in [3.8, 4) is 17.2 Å². The third kappa shape index (κ3) is 29.0. The highest BCUT2D eigenvalue weighted by Crippen LogP contribution is 2.30. The molecule has 4 aliphatic rings. The number of epoxide rings is 1. The lowest BCUT2D eigenvalue weighted by atomic mass is 10.2. The van der Waals surface area contributed by atoms with E-state index in [1.165, 1.54) is 42.3 Å². The zero-order chi connectivity index (χ0) is 63.1. The zero-order valence-corrected chi connectivity index (χ0v) is 52.5. The number of fused-ring (bicyclic) bond motifs is 3. The van der Waals surface area contributed by atoms with Gasteiger partial charge in [0.15, 0.2) is 52.6 Å². The molecule has 488 valence electrons. The minimum atomic E-state index is -0.675. The summed E-state index contributed by atoms with van der Waals surface area (Å²) in [6.07, 6.45) is 17.9. The van der Waals surface area contributed by atoms with Gasteiger partial charge in [0.05, 0.1) is 84.6 Å². The van der Waals surface area contributed by atoms with Gasteiger partial charge in [-0.15, -0.1) is 12.4 Å². The summed E-state index contributed by atoms with van der Waals surface area (Å²) in [5.41, 5.74) is 7.26. The topological polar surface area (TPSA) is 254 Å². The maximum Gasteiger partial charge on any atom is 0.410 e. The normalized spacial score (nSPS) is 17.4. The van der Waals surface area contributed by atoms with E-state index in [1.54, 1.807) is 12.4 Å². The summed E-state index contributed by atoms with van der Waals surface area (Å²) in [6.45, 7) is 22.9. The van der Waals surface area contributed by atoms with Crippen LogP contribution in [0.2, 0.25) is 10.0 Å². The first kappa shape index (κ1) is 79.3. The van der Waals surface area contributed by atoms with Crippen LogP contribution in [-0.2, 0) is 35.7 Å². The van der Waals surface area contributed by atoms with E-state index in [-0.39, 0.29) is 89.9 Å². The van der Waals surface area contributed by atoms with E-state index in [0.29, 0.717) is 87.1 Å². The number of carbonyl (C=O) groups is 2. The Morgan fingerprint density at radius 1 is 0.690 bits per heavy atom. The summed E-state index contributed by atoms with van der Waals surface area (Å²) in [5, 5.41) is 27.1. The van der Waals surface area contributed by atoms with Crippen molar-refractivity contribution in [3.63, 3.8) is 0 Å². The third-order valence-corrected chi connectivity index (χ3v) is 13.3. The van der Waals surface area contributed by atoms with Crippen LogP contribution in [0.15, 0.2) is 62.0 Å². The molecular weight excluding hydrogens is 1210 g/mol. The highest BCUT2D eigenvalue weighted by molar-refractivity contribution is 6.33. The van der Waals surface area contributed by atoms with E-state index in [4.69, 9.17) is 57.7 Å². The van der Waals surface area contributed by atoms with Crippen LogP contribution < -0.4 is 35.9 Å². The second-order valence-electron chi connectivity index (χ2n) is 20.5. The highest BCUT2D eigenvalue weighted by Gasteiger charge is 2.30. The number of hydrogen-bond acceptors (Lipinski definition) is 18. The summed E-state index contributed by atoms with van der Waals surface area (Å²) in [4.78, 5) is 42.4. The minimum Gasteiger partial charge on any atom is -0.486 e. The second kappa shape index (κ2) is 42.3. The van der Waals surface area contributed by atoms with Crippen LogP contribution >= 0.6 is 35.6 Å². The molecule has 1 saturated heterocycles. The molecule has 5 aromatic rings. The van der Waals surface area contributed by atoms with Crippen molar-refractivity contribution >= 4 is 48.0 Å². The fraction of sp³-hybridized carbons (Fsp3) is 0.550. The van der Waals surface area contributed by atoms with E-state index >= 15 is 0 Å². The van der Waals surface area contributed by atoms with Crippen LogP contribution in [0.1, 0.15) is 141 Å². The number of pyridine rings is 5. The lowest BCUT2D eigenvalue weighted by Crippen LogP contribution is -2.40. The molecule has 19 nitrogen and oxygen atoms in total. The van der Waals surface area contributed by atoms with Gasteiger partial charge in [-0.05, 0) is 59.3 Å². The Hall–Kier alpha value is -5.67. The molecule has 0 aromatic carbocycles. The number of nitrogens with two attached hydrogens (primary N) is 1. The van der Waals surface area contributed by atoms with Gasteiger partial charge in [-0.1, -0.05) is 72.2 Å². The first-order valence-electron chi connectivity index (χ1n) is 28.2. The van der Waals surface area contributed by atoms with Crippen LogP contribution in [-0.4, -0.2) is 134 Å². The predicted molar refractivity (Wildman–Crippen MR) is 328 cm³/mol. The van der Waals surface area contributed by atoms with Crippen molar-refractivity contribution in [1.29, 1.82) is 0 Å². The van der Waals surface area contributed by atoms with Crippen LogP contribution in [0, 0.1) is 29.1 Å². The zero-order valence-electron chi connectivity index (χ0n) is 50.2. The Bertz CT molecular complexity index is 2710. The molecule has 1 amide bonds. The Labute approximate surface area is 524 Å². The fourth-order valence-electron chi connectivity index (χ4n) is 7.24. The van der Waals surface area contributed by atoms with Crippen LogP contribution in [0.4, 0.5) is 26.7 Å². The Morgan fingerprint density at radius 2 is 1.11 bits per heavy atom. The molecule has 0 bridgehead atoms. The summed E-state index contributed by atoms with van der Waals surface area (Å²) in [7, 11) is 0. The van der Waals surface area contributed by atoms with Gasteiger partial charge in [-0.2, -0.15) is 0 Å². The van der Waals surface area contributed by atoms with Crippen LogP contribution in [0.25, 0.3) is 0 Å². The van der Waals surface area contributed by atoms with E-state index in [0.717, 1.165) is 68.7 Å². The van der Waals surface area contributed by atoms with Crippen molar-refractivity contribution in [2.75, 3.05) is 39.3 Å². The Balaban J connectivity index is 0.000000524. The monoisotopic (exact) mass is 1290 g/mol. The number of aliphatic hydroxyl groups is 2. The number of ether oxygens (including phenoxy) is 5. The molecule has 4 aliphatic heterocycles. The van der Waals surface area contributed by atoms with Crippen LogP contribution in [0.3, 0.4) is 0 Å². The first-order chi connectivity index (χ1) is 40.6. The van der Waals surface area contributed by atoms with Gasteiger partial charge in [0.25, 0.3) is 0 Å². The summed E-state index contributed by atoms with van der Waals surface area (Å²) in [5.74, 6) is -1.54. The number of amides is 1. The smallest absolute Gasteiger partial charge is 0.410 e. The number of aldehydes is 1. The van der Waals surface area contributed by atoms with Gasteiger partial charge in [-0.3, -0.25) is 34.6 Å². The molecule has 7 N–H and O–H groups in total. The summed E-state index contributed by atoms with van der Waals surface area (Å²) < 4.78 is 93.0. The van der Waals surface area contributed by atoms with Crippen LogP contribution in [0.5, 0.6) is 17.2 Å². The molecule has 0 saturated carbocycles. The predicted octanol–water partition coefficient (Wildman–Crippen LogP) is 11.1. The van der Waals surface area contributed by atoms with Gasteiger partial charge in [0.2, 0.25) is 0 Å². The molecule has 6 atom stereocenters. The molecule has 5 aromatic heterocycles. The van der Waals surface area contributed by atoms with Gasteiger partial charge < -0.3 is 55.6 Å². The van der Waals surface area contributed by atoms with Gasteiger partial charge in [0.1, 0.15) is 23.9 Å². The van der Waals surface area contributed by atoms with Gasteiger partial charge >= 0.3 is 6.09 Å². The number of aromatic nitrogens is 5. The van der Waals surface area contributed by atoms with E-state index in [2.05, 4.69) is 47.8 Å². The summed E-state index contributed by atoms with van der Waals surface area (Å²) >= 11 is 11.1. The lowest BCUT2D eigenvalue weighted by molar-refractivity contribution is 0.0176. The van der Waals surface area contributed by atoms with E-state index in [1.807, 2.05) is 55.4 Å². The molecule has 87 heavy (non-hydrogen) atoms. The largest absolute Gasteiger partial charge is 0.486 e. The highest BCUT2D eigenvalue weighted by atomic mass is 35.5. The Kier molecular flexibility index (Phi) is 38.6. The third-order valence-electron chi connectivity index (χ3n) is 12.5. The first-order valence-corrected chi connectivity index (χ1v) is 29.0. The summed E-state index contributed by atoms with van der Waals surface area (Å²) in [6, 6.07) is 0. The molecule has 27 heteroatoms.